The number of para-hydroxylation sites is 2. The SMILES string of the molecule is c1ccc(-c2ccccc2-c2ccccc2-c2cccc(N(c3ccc4ccc5cc6oc7ccccc7c6cc5c4c3)c3cccc4oc5ccccc5c34)c2)cc1. The number of nitrogens with zero attached hydrogens (tertiary/aromatic N) is 1. The van der Waals surface area contributed by atoms with E-state index in [4.69, 9.17) is 8.83 Å². The van der Waals surface area contributed by atoms with Crippen LogP contribution in [0.1, 0.15) is 0 Å². The molecule has 0 aliphatic heterocycles. The molecule has 3 heteroatoms. The number of hydrogen-bond acceptors (Lipinski definition) is 3. The van der Waals surface area contributed by atoms with E-state index in [0.717, 1.165) is 71.9 Å². The van der Waals surface area contributed by atoms with Crippen LogP contribution in [0.25, 0.3) is 98.8 Å². The maximum absolute atomic E-state index is 6.48. The smallest absolute Gasteiger partial charge is 0.137 e. The van der Waals surface area contributed by atoms with Crippen LogP contribution in [0, 0.1) is 0 Å². The van der Waals surface area contributed by atoms with Crippen molar-refractivity contribution in [1.82, 2.24) is 0 Å². The molecule has 0 N–H and O–H groups in total. The first-order chi connectivity index (χ1) is 29.2. The van der Waals surface area contributed by atoms with Crippen LogP contribution < -0.4 is 4.90 Å². The van der Waals surface area contributed by atoms with E-state index in [-0.39, 0.29) is 0 Å². The molecular formula is C56H35NO2. The van der Waals surface area contributed by atoms with E-state index in [1.165, 1.54) is 44.0 Å². The van der Waals surface area contributed by atoms with Crippen LogP contribution in [0.15, 0.2) is 221 Å². The summed E-state index contributed by atoms with van der Waals surface area (Å²) in [4.78, 5) is 2.40. The molecule has 0 amide bonds. The van der Waals surface area contributed by atoms with Crippen molar-refractivity contribution in [2.24, 2.45) is 0 Å². The predicted molar refractivity (Wildman–Crippen MR) is 247 cm³/mol. The molecule has 12 rings (SSSR count). The third kappa shape index (κ3) is 5.44. The Morgan fingerprint density at radius 1 is 0.288 bits per heavy atom. The van der Waals surface area contributed by atoms with E-state index in [2.05, 4.69) is 199 Å². The second-order valence-electron chi connectivity index (χ2n) is 15.2. The molecule has 2 aromatic heterocycles. The Balaban J connectivity index is 1.09. The van der Waals surface area contributed by atoms with E-state index in [0.29, 0.717) is 0 Å². The summed E-state index contributed by atoms with van der Waals surface area (Å²) >= 11 is 0. The van der Waals surface area contributed by atoms with Gasteiger partial charge in [-0.15, -0.1) is 0 Å². The molecule has 0 fully saturated rings. The summed E-state index contributed by atoms with van der Waals surface area (Å²) in [5.41, 5.74) is 13.8. The molecule has 3 nitrogen and oxygen atoms in total. The Labute approximate surface area is 340 Å². The van der Waals surface area contributed by atoms with Gasteiger partial charge in [-0.1, -0.05) is 152 Å². The summed E-state index contributed by atoms with van der Waals surface area (Å²) in [5.74, 6) is 0. The van der Waals surface area contributed by atoms with Crippen LogP contribution in [0.2, 0.25) is 0 Å². The number of fused-ring (bicyclic) bond motifs is 9. The molecule has 59 heavy (non-hydrogen) atoms. The summed E-state index contributed by atoms with van der Waals surface area (Å²) in [5, 5.41) is 9.11. The van der Waals surface area contributed by atoms with E-state index in [1.807, 2.05) is 18.2 Å². The average Bonchev–Trinajstić information content (AvgIpc) is 3.87. The zero-order valence-corrected chi connectivity index (χ0v) is 32.0. The van der Waals surface area contributed by atoms with Gasteiger partial charge in [-0.3, -0.25) is 0 Å². The van der Waals surface area contributed by atoms with E-state index < -0.39 is 0 Å². The molecule has 276 valence electrons. The van der Waals surface area contributed by atoms with Gasteiger partial charge in [-0.05, 0) is 116 Å². The molecular weight excluding hydrogens is 719 g/mol. The average molecular weight is 754 g/mol. The van der Waals surface area contributed by atoms with Crippen LogP contribution in [0.5, 0.6) is 0 Å². The van der Waals surface area contributed by atoms with Crippen molar-refractivity contribution in [2.75, 3.05) is 4.90 Å². The fourth-order valence-corrected chi connectivity index (χ4v) is 9.14. The molecule has 0 bridgehead atoms. The van der Waals surface area contributed by atoms with Crippen LogP contribution in [0.3, 0.4) is 0 Å². The first-order valence-electron chi connectivity index (χ1n) is 20.1. The molecule has 12 aromatic rings. The third-order valence-electron chi connectivity index (χ3n) is 11.8. The molecule has 0 saturated heterocycles. The van der Waals surface area contributed by atoms with Crippen LogP contribution >= 0.6 is 0 Å². The largest absolute Gasteiger partial charge is 0.456 e. The molecule has 0 atom stereocenters. The van der Waals surface area contributed by atoms with Crippen LogP contribution in [0.4, 0.5) is 17.1 Å². The Morgan fingerprint density at radius 2 is 0.847 bits per heavy atom. The normalized spacial score (nSPS) is 11.7. The van der Waals surface area contributed by atoms with Gasteiger partial charge in [0.15, 0.2) is 0 Å². The van der Waals surface area contributed by atoms with Crippen molar-refractivity contribution >= 4 is 82.5 Å². The van der Waals surface area contributed by atoms with Gasteiger partial charge >= 0.3 is 0 Å². The second-order valence-corrected chi connectivity index (χ2v) is 15.2. The van der Waals surface area contributed by atoms with Crippen molar-refractivity contribution in [1.29, 1.82) is 0 Å². The Bertz CT molecular complexity index is 3580. The summed E-state index contributed by atoms with van der Waals surface area (Å²) in [6.07, 6.45) is 0. The number of hydrogen-bond donors (Lipinski definition) is 0. The van der Waals surface area contributed by atoms with Crippen LogP contribution in [-0.4, -0.2) is 0 Å². The van der Waals surface area contributed by atoms with Gasteiger partial charge in [0.1, 0.15) is 22.3 Å². The zero-order chi connectivity index (χ0) is 38.9. The minimum absolute atomic E-state index is 0.855. The molecule has 0 aliphatic rings. The summed E-state index contributed by atoms with van der Waals surface area (Å²) in [7, 11) is 0. The van der Waals surface area contributed by atoms with Crippen molar-refractivity contribution in [3.63, 3.8) is 0 Å². The highest BCUT2D eigenvalue weighted by atomic mass is 16.3. The zero-order valence-electron chi connectivity index (χ0n) is 32.0. The molecule has 10 aromatic carbocycles. The summed E-state index contributed by atoms with van der Waals surface area (Å²) < 4.78 is 12.8. The van der Waals surface area contributed by atoms with Crippen molar-refractivity contribution in [2.45, 2.75) is 0 Å². The lowest BCUT2D eigenvalue weighted by Gasteiger charge is -2.27. The lowest BCUT2D eigenvalue weighted by molar-refractivity contribution is 0.669. The highest BCUT2D eigenvalue weighted by molar-refractivity contribution is 6.18. The lowest BCUT2D eigenvalue weighted by atomic mass is 9.89. The van der Waals surface area contributed by atoms with Gasteiger partial charge in [-0.2, -0.15) is 0 Å². The van der Waals surface area contributed by atoms with Crippen molar-refractivity contribution < 1.29 is 8.83 Å². The van der Waals surface area contributed by atoms with E-state index in [9.17, 15) is 0 Å². The Kier molecular flexibility index (Phi) is 7.54. The second kappa shape index (κ2) is 13.4. The summed E-state index contributed by atoms with van der Waals surface area (Å²) in [6, 6.07) is 75.9. The molecule has 0 radical (unpaired) electrons. The van der Waals surface area contributed by atoms with Gasteiger partial charge < -0.3 is 13.7 Å². The molecule has 0 spiro atoms. The fraction of sp³-hybridized carbons (Fsp3) is 0. The number of anilines is 3. The van der Waals surface area contributed by atoms with Gasteiger partial charge in [-0.25, -0.2) is 0 Å². The van der Waals surface area contributed by atoms with Gasteiger partial charge in [0, 0.05) is 27.5 Å². The standard InChI is InChI=1S/C56H35NO2/c1-2-14-36(15-3-1)42-18-4-6-20-44(42)45-21-7-5-19-43(45)38-16-12-17-40(32-38)57(51-24-13-27-54-56(51)47-23-9-11-26-53(47)58-54)41-31-30-37-28-29-39-33-55-50(35-49(39)48(37)34-41)46-22-8-10-25-52(46)59-55/h1-35H. The quantitative estimate of drug-likeness (QED) is 0.158. The topological polar surface area (TPSA) is 29.5 Å². The third-order valence-corrected chi connectivity index (χ3v) is 11.8. The number of benzene rings is 10. The minimum atomic E-state index is 0.855. The fourth-order valence-electron chi connectivity index (χ4n) is 9.14. The summed E-state index contributed by atoms with van der Waals surface area (Å²) in [6.45, 7) is 0. The highest BCUT2D eigenvalue weighted by Gasteiger charge is 2.21. The number of rotatable bonds is 6. The lowest BCUT2D eigenvalue weighted by Crippen LogP contribution is -2.10. The van der Waals surface area contributed by atoms with Crippen molar-refractivity contribution in [3.05, 3.63) is 212 Å². The first kappa shape index (κ1) is 33.3. The Hall–Kier alpha value is -7.88. The monoisotopic (exact) mass is 753 g/mol. The predicted octanol–water partition coefficient (Wildman–Crippen LogP) is 16.3. The molecule has 0 unspecified atom stereocenters. The van der Waals surface area contributed by atoms with E-state index >= 15 is 0 Å². The maximum atomic E-state index is 6.48. The Morgan fingerprint density at radius 3 is 1.66 bits per heavy atom. The van der Waals surface area contributed by atoms with Gasteiger partial charge in [0.25, 0.3) is 0 Å². The first-order valence-corrected chi connectivity index (χ1v) is 20.1. The van der Waals surface area contributed by atoms with Gasteiger partial charge in [0.2, 0.25) is 0 Å². The molecule has 0 saturated carbocycles. The van der Waals surface area contributed by atoms with Gasteiger partial charge in [0.05, 0.1) is 11.1 Å². The van der Waals surface area contributed by atoms with Crippen LogP contribution in [-0.2, 0) is 0 Å². The minimum Gasteiger partial charge on any atom is -0.456 e. The molecule has 0 aliphatic carbocycles. The maximum Gasteiger partial charge on any atom is 0.137 e. The van der Waals surface area contributed by atoms with Crippen molar-refractivity contribution in [3.8, 4) is 33.4 Å². The molecule has 2 heterocycles. The van der Waals surface area contributed by atoms with E-state index in [1.54, 1.807) is 0 Å². The highest BCUT2D eigenvalue weighted by Crippen LogP contribution is 2.46. The number of furan rings is 2.